The van der Waals surface area contributed by atoms with Crippen LogP contribution in [0.25, 0.3) is 11.1 Å². The molecule has 0 aliphatic carbocycles. The van der Waals surface area contributed by atoms with Crippen molar-refractivity contribution in [3.05, 3.63) is 114 Å². The minimum absolute atomic E-state index is 0.00995. The highest BCUT2D eigenvalue weighted by molar-refractivity contribution is 5.97. The minimum atomic E-state index is -0.0604. The maximum absolute atomic E-state index is 12.5. The number of carbonyl (C=O) groups is 1. The summed E-state index contributed by atoms with van der Waals surface area (Å²) < 4.78 is 10.8. The van der Waals surface area contributed by atoms with Crippen LogP contribution in [0.4, 0.5) is 5.69 Å². The van der Waals surface area contributed by atoms with E-state index in [1.807, 2.05) is 103 Å². The van der Waals surface area contributed by atoms with Gasteiger partial charge in [-0.25, -0.2) is 0 Å². The van der Waals surface area contributed by atoms with Crippen molar-refractivity contribution in [2.24, 2.45) is 4.99 Å². The Labute approximate surface area is 187 Å². The Morgan fingerprint density at radius 3 is 2.03 bits per heavy atom. The summed E-state index contributed by atoms with van der Waals surface area (Å²) in [5, 5.41) is 0. The first-order chi connectivity index (χ1) is 15.7. The van der Waals surface area contributed by atoms with E-state index in [0.29, 0.717) is 11.3 Å². The number of benzene rings is 4. The van der Waals surface area contributed by atoms with E-state index in [4.69, 9.17) is 9.47 Å². The van der Waals surface area contributed by atoms with E-state index in [1.165, 1.54) is 0 Å². The maximum atomic E-state index is 12.5. The molecule has 4 nitrogen and oxygen atoms in total. The molecule has 0 amide bonds. The van der Waals surface area contributed by atoms with Crippen LogP contribution in [0, 0.1) is 0 Å². The average Bonchev–Trinajstić information content (AvgIpc) is 2.87. The van der Waals surface area contributed by atoms with Crippen LogP contribution in [0.5, 0.6) is 11.5 Å². The Bertz CT molecular complexity index is 1180. The molecule has 0 saturated heterocycles. The van der Waals surface area contributed by atoms with Gasteiger partial charge >= 0.3 is 0 Å². The van der Waals surface area contributed by atoms with E-state index in [9.17, 15) is 4.79 Å². The molecule has 4 rings (SSSR count). The fourth-order valence-corrected chi connectivity index (χ4v) is 3.18. The summed E-state index contributed by atoms with van der Waals surface area (Å²) in [6.45, 7) is -0.00995. The summed E-state index contributed by atoms with van der Waals surface area (Å²) in [4.78, 5) is 16.9. The first-order valence-electron chi connectivity index (χ1n) is 10.3. The Hall–Kier alpha value is -4.18. The predicted molar refractivity (Wildman–Crippen MR) is 128 cm³/mol. The van der Waals surface area contributed by atoms with Gasteiger partial charge in [0.25, 0.3) is 0 Å². The van der Waals surface area contributed by atoms with Crippen molar-refractivity contribution in [3.63, 3.8) is 0 Å². The summed E-state index contributed by atoms with van der Waals surface area (Å²) in [5.41, 5.74) is 4.62. The third-order valence-electron chi connectivity index (χ3n) is 5.00. The summed E-state index contributed by atoms with van der Waals surface area (Å²) in [6.07, 6.45) is 1.78. The van der Waals surface area contributed by atoms with Gasteiger partial charge in [0.1, 0.15) is 11.5 Å². The van der Waals surface area contributed by atoms with E-state index in [1.54, 1.807) is 13.3 Å². The molecule has 0 bridgehead atoms. The lowest BCUT2D eigenvalue weighted by atomic mass is 10.0. The van der Waals surface area contributed by atoms with Gasteiger partial charge in [-0.15, -0.1) is 0 Å². The molecule has 4 aromatic carbocycles. The number of hydrogen-bond acceptors (Lipinski definition) is 4. The number of hydrogen-bond donors (Lipinski definition) is 0. The lowest BCUT2D eigenvalue weighted by Crippen LogP contribution is -2.11. The van der Waals surface area contributed by atoms with E-state index in [-0.39, 0.29) is 12.4 Å². The van der Waals surface area contributed by atoms with Gasteiger partial charge in [-0.3, -0.25) is 9.79 Å². The van der Waals surface area contributed by atoms with Gasteiger partial charge in [0.05, 0.1) is 12.8 Å². The standard InChI is InChI=1S/C28H23NO3/c1-31-26-17-13-25(14-18-26)29-19-21-7-15-27(16-8-21)32-20-28(30)24-11-9-23(10-12-24)22-5-3-2-4-6-22/h2-19H,20H2,1H3. The number of carbonyl (C=O) groups excluding carboxylic acids is 1. The van der Waals surface area contributed by atoms with Gasteiger partial charge in [0, 0.05) is 11.8 Å². The van der Waals surface area contributed by atoms with Crippen LogP contribution in [0.2, 0.25) is 0 Å². The van der Waals surface area contributed by atoms with Gasteiger partial charge in [0.15, 0.2) is 12.4 Å². The molecule has 0 spiro atoms. The molecule has 32 heavy (non-hydrogen) atoms. The summed E-state index contributed by atoms with van der Waals surface area (Å²) in [7, 11) is 1.64. The molecular weight excluding hydrogens is 398 g/mol. The van der Waals surface area contributed by atoms with Crippen LogP contribution in [0.1, 0.15) is 15.9 Å². The van der Waals surface area contributed by atoms with Crippen LogP contribution >= 0.6 is 0 Å². The molecule has 0 aromatic heterocycles. The van der Waals surface area contributed by atoms with Gasteiger partial charge < -0.3 is 9.47 Å². The quantitative estimate of drug-likeness (QED) is 0.245. The predicted octanol–water partition coefficient (Wildman–Crippen LogP) is 6.37. The number of nitrogens with zero attached hydrogens (tertiary/aromatic N) is 1. The molecule has 0 aliphatic rings. The lowest BCUT2D eigenvalue weighted by Gasteiger charge is -2.07. The first-order valence-corrected chi connectivity index (χ1v) is 10.3. The smallest absolute Gasteiger partial charge is 0.200 e. The molecule has 0 saturated carbocycles. The molecule has 0 unspecified atom stereocenters. The zero-order chi connectivity index (χ0) is 22.2. The van der Waals surface area contributed by atoms with E-state index in [0.717, 1.165) is 28.1 Å². The Morgan fingerprint density at radius 2 is 1.38 bits per heavy atom. The molecule has 0 N–H and O–H groups in total. The fourth-order valence-electron chi connectivity index (χ4n) is 3.18. The van der Waals surface area contributed by atoms with Crippen molar-refractivity contribution < 1.29 is 14.3 Å². The highest BCUT2D eigenvalue weighted by Gasteiger charge is 2.07. The second kappa shape index (κ2) is 10.2. The third-order valence-corrected chi connectivity index (χ3v) is 5.00. The summed E-state index contributed by atoms with van der Waals surface area (Å²) in [6, 6.07) is 32.7. The van der Waals surface area contributed by atoms with Crippen molar-refractivity contribution in [1.29, 1.82) is 0 Å². The van der Waals surface area contributed by atoms with Crippen LogP contribution in [0.15, 0.2) is 108 Å². The Morgan fingerprint density at radius 1 is 0.750 bits per heavy atom. The topological polar surface area (TPSA) is 47.9 Å². The fraction of sp³-hybridized carbons (Fsp3) is 0.0714. The van der Waals surface area contributed by atoms with Crippen molar-refractivity contribution in [2.45, 2.75) is 0 Å². The number of aliphatic imine (C=N–C) groups is 1. The molecule has 158 valence electrons. The normalized spacial score (nSPS) is 10.8. The highest BCUT2D eigenvalue weighted by Crippen LogP contribution is 2.20. The van der Waals surface area contributed by atoms with E-state index >= 15 is 0 Å². The SMILES string of the molecule is COc1ccc(N=Cc2ccc(OCC(=O)c3ccc(-c4ccccc4)cc3)cc2)cc1. The number of Topliss-reactive ketones (excluding diaryl/α,β-unsaturated/α-hetero) is 1. The number of ketones is 1. The summed E-state index contributed by atoms with van der Waals surface area (Å²) >= 11 is 0. The maximum Gasteiger partial charge on any atom is 0.200 e. The number of methoxy groups -OCH3 is 1. The largest absolute Gasteiger partial charge is 0.497 e. The average molecular weight is 421 g/mol. The second-order valence-electron chi connectivity index (χ2n) is 7.18. The van der Waals surface area contributed by atoms with Crippen LogP contribution in [-0.2, 0) is 0 Å². The number of rotatable bonds is 8. The molecule has 0 radical (unpaired) electrons. The molecular formula is C28H23NO3. The first kappa shape index (κ1) is 21.1. The van der Waals surface area contributed by atoms with Crippen molar-refractivity contribution in [3.8, 4) is 22.6 Å². The monoisotopic (exact) mass is 421 g/mol. The Balaban J connectivity index is 1.31. The van der Waals surface area contributed by atoms with Gasteiger partial charge in [-0.05, 0) is 65.2 Å². The van der Waals surface area contributed by atoms with Gasteiger partial charge in [-0.1, -0.05) is 54.6 Å². The molecule has 0 fully saturated rings. The molecule has 4 heteroatoms. The zero-order valence-corrected chi connectivity index (χ0v) is 17.8. The molecule has 0 aliphatic heterocycles. The number of ether oxygens (including phenoxy) is 2. The van der Waals surface area contributed by atoms with E-state index < -0.39 is 0 Å². The van der Waals surface area contributed by atoms with Crippen molar-refractivity contribution in [1.82, 2.24) is 0 Å². The van der Waals surface area contributed by atoms with Crippen LogP contribution in [0.3, 0.4) is 0 Å². The van der Waals surface area contributed by atoms with Gasteiger partial charge in [0.2, 0.25) is 0 Å². The second-order valence-corrected chi connectivity index (χ2v) is 7.18. The van der Waals surface area contributed by atoms with E-state index in [2.05, 4.69) is 4.99 Å². The van der Waals surface area contributed by atoms with Crippen molar-refractivity contribution in [2.75, 3.05) is 13.7 Å². The molecule has 4 aromatic rings. The summed E-state index contributed by atoms with van der Waals surface area (Å²) in [5.74, 6) is 1.38. The molecule has 0 atom stereocenters. The van der Waals surface area contributed by atoms with Crippen LogP contribution < -0.4 is 9.47 Å². The lowest BCUT2D eigenvalue weighted by molar-refractivity contribution is 0.0921. The minimum Gasteiger partial charge on any atom is -0.497 e. The van der Waals surface area contributed by atoms with Crippen LogP contribution in [-0.4, -0.2) is 25.7 Å². The molecule has 0 heterocycles. The highest BCUT2D eigenvalue weighted by atomic mass is 16.5. The third kappa shape index (κ3) is 5.49. The zero-order valence-electron chi connectivity index (χ0n) is 17.8. The van der Waals surface area contributed by atoms with Gasteiger partial charge in [-0.2, -0.15) is 0 Å². The Kier molecular flexibility index (Phi) is 6.73. The van der Waals surface area contributed by atoms with Crippen molar-refractivity contribution >= 4 is 17.7 Å².